The number of nitrogens with one attached hydrogen (secondary N) is 2. The average Bonchev–Trinajstić information content (AvgIpc) is 2.22. The molecule has 1 aromatic heterocycles. The Hall–Kier alpha value is -1.40. The van der Waals surface area contributed by atoms with Crippen LogP contribution in [0.4, 0.5) is 0 Å². The number of rotatable bonds is 2. The van der Waals surface area contributed by atoms with E-state index in [1.54, 1.807) is 0 Å². The Morgan fingerprint density at radius 3 is 2.53 bits per heavy atom. The van der Waals surface area contributed by atoms with E-state index < -0.39 is 5.69 Å². The van der Waals surface area contributed by atoms with Crippen LogP contribution in [0.15, 0.2) is 15.7 Å². The van der Waals surface area contributed by atoms with Crippen LogP contribution in [0, 0.1) is 0 Å². The number of aromatic amines is 2. The summed E-state index contributed by atoms with van der Waals surface area (Å²) in [6.45, 7) is 6.06. The molecule has 1 aromatic rings. The Bertz CT molecular complexity index is 455. The molecular formula is C11H17N3O3. The lowest BCUT2D eigenvalue weighted by atomic mass is 10.1. The quantitative estimate of drug-likeness (QED) is 0.741. The zero-order chi connectivity index (χ0) is 12.4. The van der Waals surface area contributed by atoms with Crippen LogP contribution < -0.4 is 11.2 Å². The maximum atomic E-state index is 11.2. The van der Waals surface area contributed by atoms with E-state index in [4.69, 9.17) is 4.74 Å². The molecular weight excluding hydrogens is 222 g/mol. The fraction of sp³-hybridized carbons (Fsp3) is 0.636. The molecule has 2 heterocycles. The Morgan fingerprint density at radius 1 is 1.29 bits per heavy atom. The van der Waals surface area contributed by atoms with Gasteiger partial charge in [-0.25, -0.2) is 4.79 Å². The molecule has 0 saturated carbocycles. The van der Waals surface area contributed by atoms with E-state index in [0.29, 0.717) is 25.5 Å². The Labute approximate surface area is 98.6 Å². The van der Waals surface area contributed by atoms with Crippen molar-refractivity contribution in [1.29, 1.82) is 0 Å². The molecule has 6 nitrogen and oxygen atoms in total. The summed E-state index contributed by atoms with van der Waals surface area (Å²) in [5.41, 5.74) is -0.183. The fourth-order valence-electron chi connectivity index (χ4n) is 2.15. The minimum absolute atomic E-state index is 0.279. The second kappa shape index (κ2) is 4.85. The molecule has 0 spiro atoms. The molecule has 94 valence electrons. The van der Waals surface area contributed by atoms with Crippen molar-refractivity contribution in [3.63, 3.8) is 0 Å². The summed E-state index contributed by atoms with van der Waals surface area (Å²) in [4.78, 5) is 29.4. The van der Waals surface area contributed by atoms with E-state index >= 15 is 0 Å². The van der Waals surface area contributed by atoms with Crippen molar-refractivity contribution in [2.24, 2.45) is 0 Å². The van der Waals surface area contributed by atoms with Crippen molar-refractivity contribution >= 4 is 0 Å². The predicted octanol–water partition coefficient (Wildman–Crippen LogP) is -0.328. The zero-order valence-electron chi connectivity index (χ0n) is 10.0. The minimum Gasteiger partial charge on any atom is -0.378 e. The molecule has 2 atom stereocenters. The highest BCUT2D eigenvalue weighted by molar-refractivity contribution is 4.99. The molecule has 2 rings (SSSR count). The van der Waals surface area contributed by atoms with Crippen molar-refractivity contribution in [2.75, 3.05) is 13.2 Å². The Balaban J connectivity index is 2.19. The topological polar surface area (TPSA) is 78.2 Å². The molecule has 0 amide bonds. The van der Waals surface area contributed by atoms with E-state index in [9.17, 15) is 9.59 Å². The van der Waals surface area contributed by atoms with Crippen LogP contribution in [-0.4, -0.2) is 40.2 Å². The summed E-state index contributed by atoms with van der Waals surface area (Å²) in [6, 6.07) is 1.99. The van der Waals surface area contributed by atoms with E-state index in [1.165, 1.54) is 6.07 Å². The third-order valence-corrected chi connectivity index (χ3v) is 3.02. The molecule has 1 aliphatic heterocycles. The number of H-pyrrole nitrogens is 2. The van der Waals surface area contributed by atoms with E-state index in [0.717, 1.165) is 0 Å². The lowest BCUT2D eigenvalue weighted by Gasteiger charge is -2.38. The SMILES string of the molecule is CC1COCC(C)N1Cc1cc(=O)[nH]c(=O)[nH]1. The second-order valence-corrected chi connectivity index (χ2v) is 4.52. The van der Waals surface area contributed by atoms with Crippen LogP contribution in [0.3, 0.4) is 0 Å². The molecule has 17 heavy (non-hydrogen) atoms. The molecule has 2 unspecified atom stereocenters. The number of aromatic nitrogens is 2. The molecule has 0 aliphatic carbocycles. The summed E-state index contributed by atoms with van der Waals surface area (Å²) in [5, 5.41) is 0. The van der Waals surface area contributed by atoms with Gasteiger partial charge in [-0.2, -0.15) is 0 Å². The maximum Gasteiger partial charge on any atom is 0.325 e. The third-order valence-electron chi connectivity index (χ3n) is 3.02. The van der Waals surface area contributed by atoms with Crippen LogP contribution in [0.1, 0.15) is 19.5 Å². The van der Waals surface area contributed by atoms with E-state index in [2.05, 4.69) is 28.7 Å². The highest BCUT2D eigenvalue weighted by atomic mass is 16.5. The van der Waals surface area contributed by atoms with Gasteiger partial charge in [-0.15, -0.1) is 0 Å². The summed E-state index contributed by atoms with van der Waals surface area (Å²) >= 11 is 0. The summed E-state index contributed by atoms with van der Waals surface area (Å²) < 4.78 is 5.43. The number of ether oxygens (including phenoxy) is 1. The first-order valence-corrected chi connectivity index (χ1v) is 5.72. The van der Waals surface area contributed by atoms with Crippen LogP contribution in [0.25, 0.3) is 0 Å². The Kier molecular flexibility index (Phi) is 3.44. The van der Waals surface area contributed by atoms with Gasteiger partial charge >= 0.3 is 5.69 Å². The first kappa shape index (κ1) is 12.1. The van der Waals surface area contributed by atoms with Crippen LogP contribution >= 0.6 is 0 Å². The van der Waals surface area contributed by atoms with Gasteiger partial charge in [-0.3, -0.25) is 14.7 Å². The number of hydrogen-bond donors (Lipinski definition) is 2. The van der Waals surface area contributed by atoms with Gasteiger partial charge in [0.05, 0.1) is 13.2 Å². The van der Waals surface area contributed by atoms with Crippen molar-refractivity contribution in [1.82, 2.24) is 14.9 Å². The van der Waals surface area contributed by atoms with E-state index in [1.807, 2.05) is 0 Å². The van der Waals surface area contributed by atoms with Crippen LogP contribution in [0.5, 0.6) is 0 Å². The molecule has 1 aliphatic rings. The smallest absolute Gasteiger partial charge is 0.325 e. The van der Waals surface area contributed by atoms with Crippen molar-refractivity contribution in [3.05, 3.63) is 32.6 Å². The largest absolute Gasteiger partial charge is 0.378 e. The molecule has 0 radical (unpaired) electrons. The number of morpholine rings is 1. The lowest BCUT2D eigenvalue weighted by molar-refractivity contribution is -0.0415. The predicted molar refractivity (Wildman–Crippen MR) is 63.0 cm³/mol. The van der Waals surface area contributed by atoms with Gasteiger partial charge < -0.3 is 9.72 Å². The monoisotopic (exact) mass is 239 g/mol. The highest BCUT2D eigenvalue weighted by Crippen LogP contribution is 2.15. The average molecular weight is 239 g/mol. The van der Waals surface area contributed by atoms with E-state index in [-0.39, 0.29) is 17.6 Å². The zero-order valence-corrected chi connectivity index (χ0v) is 10.0. The summed E-state index contributed by atoms with van der Waals surface area (Å²) in [6.07, 6.45) is 0. The molecule has 1 saturated heterocycles. The lowest BCUT2D eigenvalue weighted by Crippen LogP contribution is -2.49. The molecule has 0 aromatic carbocycles. The minimum atomic E-state index is -0.457. The number of nitrogens with zero attached hydrogens (tertiary/aromatic N) is 1. The van der Waals surface area contributed by atoms with Gasteiger partial charge in [0, 0.05) is 30.4 Å². The van der Waals surface area contributed by atoms with Gasteiger partial charge in [0.25, 0.3) is 5.56 Å². The first-order chi connectivity index (χ1) is 8.06. The third kappa shape index (κ3) is 2.83. The van der Waals surface area contributed by atoms with Gasteiger partial charge in [0.2, 0.25) is 0 Å². The van der Waals surface area contributed by atoms with Gasteiger partial charge in [0.15, 0.2) is 0 Å². The first-order valence-electron chi connectivity index (χ1n) is 5.72. The normalized spacial score (nSPS) is 26.0. The van der Waals surface area contributed by atoms with Crippen LogP contribution in [-0.2, 0) is 11.3 Å². The highest BCUT2D eigenvalue weighted by Gasteiger charge is 2.25. The molecule has 0 bridgehead atoms. The molecule has 2 N–H and O–H groups in total. The number of hydrogen-bond acceptors (Lipinski definition) is 4. The second-order valence-electron chi connectivity index (χ2n) is 4.52. The molecule has 6 heteroatoms. The van der Waals surface area contributed by atoms with Gasteiger partial charge in [-0.1, -0.05) is 0 Å². The summed E-state index contributed by atoms with van der Waals surface area (Å²) in [7, 11) is 0. The summed E-state index contributed by atoms with van der Waals surface area (Å²) in [5.74, 6) is 0. The molecule has 1 fully saturated rings. The fourth-order valence-corrected chi connectivity index (χ4v) is 2.15. The van der Waals surface area contributed by atoms with Crippen molar-refractivity contribution < 1.29 is 4.74 Å². The van der Waals surface area contributed by atoms with Crippen LogP contribution in [0.2, 0.25) is 0 Å². The van der Waals surface area contributed by atoms with Gasteiger partial charge in [-0.05, 0) is 13.8 Å². The van der Waals surface area contributed by atoms with Gasteiger partial charge in [0.1, 0.15) is 0 Å². The van der Waals surface area contributed by atoms with Crippen molar-refractivity contribution in [2.45, 2.75) is 32.5 Å². The van der Waals surface area contributed by atoms with Crippen molar-refractivity contribution in [3.8, 4) is 0 Å². The Morgan fingerprint density at radius 2 is 1.94 bits per heavy atom. The maximum absolute atomic E-state index is 11.2. The standard InChI is InChI=1S/C11H17N3O3/c1-7-5-17-6-8(2)14(7)4-9-3-10(15)13-11(16)12-9/h3,7-8H,4-6H2,1-2H3,(H2,12,13,15,16).